The van der Waals surface area contributed by atoms with Crippen LogP contribution in [0.4, 0.5) is 5.69 Å². The average Bonchev–Trinajstić information content (AvgIpc) is 3.10. The van der Waals surface area contributed by atoms with E-state index in [2.05, 4.69) is 5.32 Å². The van der Waals surface area contributed by atoms with Crippen molar-refractivity contribution in [2.24, 2.45) is 0 Å². The molecular weight excluding hydrogens is 398 g/mol. The highest BCUT2D eigenvalue weighted by atomic mass is 35.5. The molecule has 0 saturated heterocycles. The Bertz CT molecular complexity index is 779. The summed E-state index contributed by atoms with van der Waals surface area (Å²) in [5, 5.41) is 2.86. The maximum Gasteiger partial charge on any atom is 0.279 e. The molecule has 0 spiro atoms. The molecule has 0 aliphatic carbocycles. The van der Waals surface area contributed by atoms with Crippen molar-refractivity contribution >= 4 is 40.4 Å². The molecule has 0 aliphatic rings. The molecule has 8 heteroatoms. The third-order valence-electron chi connectivity index (χ3n) is 4.40. The number of hydrogen-bond donors (Lipinski definition) is 2. The van der Waals surface area contributed by atoms with Gasteiger partial charge in [-0.3, -0.25) is 9.59 Å². The van der Waals surface area contributed by atoms with Crippen LogP contribution in [0, 0.1) is 0 Å². The molecule has 2 amide bonds. The number of anilines is 1. The Morgan fingerprint density at radius 2 is 1.86 bits per heavy atom. The lowest BCUT2D eigenvalue weighted by atomic mass is 10.3. The molecule has 28 heavy (non-hydrogen) atoms. The second-order valence-electron chi connectivity index (χ2n) is 6.35. The first-order chi connectivity index (χ1) is 13.4. The molecule has 0 saturated carbocycles. The van der Waals surface area contributed by atoms with Gasteiger partial charge >= 0.3 is 0 Å². The number of benzene rings is 1. The Balaban J connectivity index is 1.88. The van der Waals surface area contributed by atoms with Crippen molar-refractivity contribution in [3.8, 4) is 5.75 Å². The molecule has 0 bridgehead atoms. The van der Waals surface area contributed by atoms with Gasteiger partial charge in [0, 0.05) is 17.1 Å². The number of quaternary nitrogens is 1. The highest BCUT2D eigenvalue weighted by Crippen LogP contribution is 2.22. The van der Waals surface area contributed by atoms with Gasteiger partial charge in [-0.1, -0.05) is 11.6 Å². The molecular formula is C20H27ClN3O3S+. The fourth-order valence-electron chi connectivity index (χ4n) is 2.75. The molecule has 1 heterocycles. The maximum atomic E-state index is 12.7. The highest BCUT2D eigenvalue weighted by molar-refractivity contribution is 7.16. The van der Waals surface area contributed by atoms with Crippen molar-refractivity contribution < 1.29 is 19.2 Å². The number of carbonyl (C=O) groups excluding carboxylic acids is 2. The molecule has 1 aromatic carbocycles. The number of thiophene rings is 1. The van der Waals surface area contributed by atoms with Crippen molar-refractivity contribution in [1.82, 2.24) is 4.90 Å². The zero-order valence-electron chi connectivity index (χ0n) is 16.5. The SMILES string of the molecule is CCN(Cc1ccc(Cl)s1)C(=O)C[NH+](CC)CC(=O)Nc1ccc(OC)cc1. The van der Waals surface area contributed by atoms with Crippen LogP contribution in [0.1, 0.15) is 18.7 Å². The van der Waals surface area contributed by atoms with Gasteiger partial charge in [-0.25, -0.2) is 0 Å². The minimum Gasteiger partial charge on any atom is -0.497 e. The van der Waals surface area contributed by atoms with E-state index in [1.165, 1.54) is 11.3 Å². The molecule has 1 aromatic heterocycles. The number of methoxy groups -OCH3 is 1. The summed E-state index contributed by atoms with van der Waals surface area (Å²) >= 11 is 7.45. The summed E-state index contributed by atoms with van der Waals surface area (Å²) in [6.45, 7) is 6.28. The summed E-state index contributed by atoms with van der Waals surface area (Å²) in [6, 6.07) is 10.9. The Kier molecular flexibility index (Phi) is 8.76. The molecule has 152 valence electrons. The van der Waals surface area contributed by atoms with E-state index in [1.807, 2.05) is 26.0 Å². The van der Waals surface area contributed by atoms with Crippen molar-refractivity contribution in [3.63, 3.8) is 0 Å². The lowest BCUT2D eigenvalue weighted by Crippen LogP contribution is -3.13. The zero-order chi connectivity index (χ0) is 20.5. The smallest absolute Gasteiger partial charge is 0.279 e. The summed E-state index contributed by atoms with van der Waals surface area (Å²) < 4.78 is 5.83. The topological polar surface area (TPSA) is 63.1 Å². The minimum atomic E-state index is -0.122. The number of carbonyl (C=O) groups is 2. The first-order valence-corrected chi connectivity index (χ1v) is 10.4. The van der Waals surface area contributed by atoms with E-state index >= 15 is 0 Å². The summed E-state index contributed by atoms with van der Waals surface area (Å²) in [4.78, 5) is 28.8. The number of rotatable bonds is 10. The van der Waals surface area contributed by atoms with Gasteiger partial charge in [0.15, 0.2) is 13.1 Å². The van der Waals surface area contributed by atoms with Gasteiger partial charge < -0.3 is 19.9 Å². The van der Waals surface area contributed by atoms with Crippen LogP contribution in [0.2, 0.25) is 4.34 Å². The first-order valence-electron chi connectivity index (χ1n) is 9.24. The van der Waals surface area contributed by atoms with E-state index in [4.69, 9.17) is 16.3 Å². The van der Waals surface area contributed by atoms with E-state index in [0.717, 1.165) is 19.9 Å². The van der Waals surface area contributed by atoms with E-state index < -0.39 is 0 Å². The quantitative estimate of drug-likeness (QED) is 0.615. The molecule has 0 fully saturated rings. The number of ether oxygens (including phenoxy) is 1. The second kappa shape index (κ2) is 11.0. The molecule has 2 aromatic rings. The van der Waals surface area contributed by atoms with Crippen molar-refractivity contribution in [2.45, 2.75) is 20.4 Å². The number of halogens is 1. The summed E-state index contributed by atoms with van der Waals surface area (Å²) in [6.07, 6.45) is 0. The van der Waals surface area contributed by atoms with Crippen molar-refractivity contribution in [3.05, 3.63) is 45.6 Å². The summed E-state index contributed by atoms with van der Waals surface area (Å²) in [5.41, 5.74) is 0.706. The lowest BCUT2D eigenvalue weighted by Gasteiger charge is -2.23. The lowest BCUT2D eigenvalue weighted by molar-refractivity contribution is -0.882. The van der Waals surface area contributed by atoms with Crippen LogP contribution in [0.3, 0.4) is 0 Å². The molecule has 1 atom stereocenters. The zero-order valence-corrected chi connectivity index (χ0v) is 18.0. The molecule has 2 rings (SSSR count). The fraction of sp³-hybridized carbons (Fsp3) is 0.400. The van der Waals surface area contributed by atoms with E-state index in [1.54, 1.807) is 36.3 Å². The van der Waals surface area contributed by atoms with Crippen LogP contribution in [0.5, 0.6) is 5.75 Å². The Labute approximate surface area is 175 Å². The average molecular weight is 425 g/mol. The van der Waals surface area contributed by atoms with Crippen LogP contribution in [-0.4, -0.2) is 50.0 Å². The second-order valence-corrected chi connectivity index (χ2v) is 8.15. The number of nitrogens with one attached hydrogen (secondary N) is 2. The Morgan fingerprint density at radius 1 is 1.14 bits per heavy atom. The molecule has 0 aliphatic heterocycles. The van der Waals surface area contributed by atoms with Crippen LogP contribution >= 0.6 is 22.9 Å². The summed E-state index contributed by atoms with van der Waals surface area (Å²) in [5.74, 6) is 0.639. The normalized spacial score (nSPS) is 11.7. The van der Waals surface area contributed by atoms with E-state index in [9.17, 15) is 9.59 Å². The van der Waals surface area contributed by atoms with Crippen molar-refractivity contribution in [2.75, 3.05) is 38.6 Å². The highest BCUT2D eigenvalue weighted by Gasteiger charge is 2.21. The largest absolute Gasteiger partial charge is 0.497 e. The van der Waals surface area contributed by atoms with Gasteiger partial charge in [0.05, 0.1) is 24.5 Å². The van der Waals surface area contributed by atoms with Crippen LogP contribution in [0.15, 0.2) is 36.4 Å². The van der Waals surface area contributed by atoms with Gasteiger partial charge in [0.2, 0.25) is 0 Å². The van der Waals surface area contributed by atoms with Crippen molar-refractivity contribution in [1.29, 1.82) is 0 Å². The van der Waals surface area contributed by atoms with Gasteiger partial charge in [-0.2, -0.15) is 0 Å². The Hall–Kier alpha value is -2.09. The van der Waals surface area contributed by atoms with E-state index in [-0.39, 0.29) is 24.9 Å². The number of amides is 2. The monoisotopic (exact) mass is 424 g/mol. The molecule has 0 radical (unpaired) electrons. The van der Waals surface area contributed by atoms with Gasteiger partial charge in [0.1, 0.15) is 5.75 Å². The first kappa shape index (κ1) is 22.2. The van der Waals surface area contributed by atoms with Gasteiger partial charge in [0.25, 0.3) is 11.8 Å². The Morgan fingerprint density at radius 3 is 2.39 bits per heavy atom. The minimum absolute atomic E-state index is 0.0288. The third-order valence-corrected chi connectivity index (χ3v) is 5.61. The third kappa shape index (κ3) is 6.82. The van der Waals surface area contributed by atoms with Gasteiger partial charge in [-0.05, 0) is 50.2 Å². The predicted molar refractivity (Wildman–Crippen MR) is 113 cm³/mol. The maximum absolute atomic E-state index is 12.7. The van der Waals surface area contributed by atoms with Crippen LogP contribution < -0.4 is 15.0 Å². The summed E-state index contributed by atoms with van der Waals surface area (Å²) in [7, 11) is 1.60. The molecule has 2 N–H and O–H groups in total. The standard InChI is InChI=1S/C20H26ClN3O3S/c1-4-23(13-19(25)22-15-6-8-16(27-3)9-7-15)14-20(26)24(5-2)12-17-10-11-18(21)28-17/h6-11H,4-5,12-14H2,1-3H3,(H,22,25)/p+1. The number of nitrogens with zero attached hydrogens (tertiary/aromatic N) is 1. The predicted octanol–water partition coefficient (Wildman–Crippen LogP) is 2.30. The van der Waals surface area contributed by atoms with Gasteiger partial charge in [-0.15, -0.1) is 11.3 Å². The van der Waals surface area contributed by atoms with Crippen LogP contribution in [-0.2, 0) is 16.1 Å². The number of likely N-dealkylation sites (N-methyl/N-ethyl adjacent to an activating group) is 2. The molecule has 1 unspecified atom stereocenters. The fourth-order valence-corrected chi connectivity index (χ4v) is 3.85. The van der Waals surface area contributed by atoms with E-state index in [0.29, 0.717) is 25.3 Å². The molecule has 6 nitrogen and oxygen atoms in total. The number of hydrogen-bond acceptors (Lipinski definition) is 4. The van der Waals surface area contributed by atoms with Crippen LogP contribution in [0.25, 0.3) is 0 Å².